The lowest BCUT2D eigenvalue weighted by molar-refractivity contribution is 0.240. The number of thiazole rings is 1. The molecule has 3 aromatic heterocycles. The zero-order valence-electron chi connectivity index (χ0n) is 14.3. The van der Waals surface area contributed by atoms with Crippen molar-refractivity contribution in [1.29, 1.82) is 0 Å². The number of anilines is 1. The van der Waals surface area contributed by atoms with Crippen LogP contribution < -0.4 is 5.32 Å². The van der Waals surface area contributed by atoms with E-state index >= 15 is 0 Å². The molecule has 7 heteroatoms. The lowest BCUT2D eigenvalue weighted by Gasteiger charge is -2.24. The fourth-order valence-corrected chi connectivity index (χ4v) is 4.34. The Morgan fingerprint density at radius 1 is 1.29 bits per heavy atom. The van der Waals surface area contributed by atoms with Crippen LogP contribution in [0.5, 0.6) is 0 Å². The zero-order chi connectivity index (χ0) is 16.7. The summed E-state index contributed by atoms with van der Waals surface area (Å²) >= 11 is 1.69. The van der Waals surface area contributed by atoms with E-state index in [-0.39, 0.29) is 0 Å². The summed E-state index contributed by atoms with van der Waals surface area (Å²) in [5.41, 5.74) is 3.54. The molecule has 1 fully saturated rings. The average Bonchev–Trinajstić information content (AvgIpc) is 3.25. The van der Waals surface area contributed by atoms with Crippen molar-refractivity contribution >= 4 is 22.1 Å². The van der Waals surface area contributed by atoms with Gasteiger partial charge in [0.05, 0.1) is 23.1 Å². The molecule has 1 aliphatic rings. The Morgan fingerprint density at radius 3 is 3.00 bits per heavy atom. The molecule has 24 heavy (non-hydrogen) atoms. The number of hydrogen-bond donors (Lipinski definition) is 1. The number of imidazole rings is 1. The SMILES string of the molecule is CNc1cc([C@H]2CCCN2Cc2c(C)nc3sccn23)nc(C)n1. The van der Waals surface area contributed by atoms with Crippen molar-refractivity contribution in [3.63, 3.8) is 0 Å². The van der Waals surface area contributed by atoms with Gasteiger partial charge in [-0.2, -0.15) is 0 Å². The maximum atomic E-state index is 4.70. The Labute approximate surface area is 145 Å². The summed E-state index contributed by atoms with van der Waals surface area (Å²) in [5, 5.41) is 5.24. The predicted molar refractivity (Wildman–Crippen MR) is 96.5 cm³/mol. The zero-order valence-corrected chi connectivity index (χ0v) is 15.1. The van der Waals surface area contributed by atoms with E-state index in [1.54, 1.807) is 11.3 Å². The van der Waals surface area contributed by atoms with Gasteiger partial charge in [-0.05, 0) is 33.2 Å². The molecule has 0 spiro atoms. The molecule has 4 rings (SSSR count). The lowest BCUT2D eigenvalue weighted by Crippen LogP contribution is -2.25. The third kappa shape index (κ3) is 2.67. The van der Waals surface area contributed by atoms with Gasteiger partial charge in [-0.3, -0.25) is 9.30 Å². The fraction of sp³-hybridized carbons (Fsp3) is 0.471. The molecule has 0 unspecified atom stereocenters. The second-order valence-corrected chi connectivity index (χ2v) is 7.18. The van der Waals surface area contributed by atoms with Crippen LogP contribution in [0.3, 0.4) is 0 Å². The number of hydrogen-bond acceptors (Lipinski definition) is 6. The smallest absolute Gasteiger partial charge is 0.194 e. The van der Waals surface area contributed by atoms with Crippen LogP contribution in [0.4, 0.5) is 5.82 Å². The van der Waals surface area contributed by atoms with Crippen LogP contribution in [-0.2, 0) is 6.54 Å². The van der Waals surface area contributed by atoms with E-state index in [9.17, 15) is 0 Å². The molecule has 0 bridgehead atoms. The van der Waals surface area contributed by atoms with Crippen molar-refractivity contribution in [2.75, 3.05) is 18.9 Å². The van der Waals surface area contributed by atoms with Gasteiger partial charge in [0, 0.05) is 31.2 Å². The van der Waals surface area contributed by atoms with Crippen LogP contribution in [0, 0.1) is 13.8 Å². The number of fused-ring (bicyclic) bond motifs is 1. The minimum atomic E-state index is 0.349. The second-order valence-electron chi connectivity index (χ2n) is 6.30. The largest absolute Gasteiger partial charge is 0.373 e. The summed E-state index contributed by atoms with van der Waals surface area (Å²) in [7, 11) is 1.90. The van der Waals surface area contributed by atoms with Crippen LogP contribution in [0.1, 0.15) is 41.8 Å². The molecule has 1 N–H and O–H groups in total. The Hall–Kier alpha value is -1.99. The topological polar surface area (TPSA) is 58.4 Å². The maximum Gasteiger partial charge on any atom is 0.194 e. The Morgan fingerprint density at radius 2 is 2.17 bits per heavy atom. The van der Waals surface area contributed by atoms with Gasteiger partial charge in [-0.15, -0.1) is 11.3 Å². The molecule has 0 aromatic carbocycles. The molecule has 1 saturated heterocycles. The first-order valence-corrected chi connectivity index (χ1v) is 9.22. The highest BCUT2D eigenvalue weighted by atomic mass is 32.1. The van der Waals surface area contributed by atoms with Crippen molar-refractivity contribution in [2.45, 2.75) is 39.3 Å². The van der Waals surface area contributed by atoms with Crippen molar-refractivity contribution in [2.24, 2.45) is 0 Å². The van der Waals surface area contributed by atoms with Gasteiger partial charge < -0.3 is 5.32 Å². The monoisotopic (exact) mass is 342 g/mol. The average molecular weight is 342 g/mol. The standard InChI is InChI=1S/C17H22N6S/c1-11-15(23-7-8-24-17(23)19-11)10-22-6-4-5-14(22)13-9-16(18-3)21-12(2)20-13/h7-9,14H,4-6,10H2,1-3H3,(H,18,20,21)/t14-/m1/s1. The molecule has 0 aliphatic carbocycles. The maximum absolute atomic E-state index is 4.70. The van der Waals surface area contributed by atoms with Crippen LogP contribution in [-0.4, -0.2) is 37.8 Å². The van der Waals surface area contributed by atoms with Crippen LogP contribution >= 0.6 is 11.3 Å². The van der Waals surface area contributed by atoms with Gasteiger partial charge in [-0.25, -0.2) is 15.0 Å². The van der Waals surface area contributed by atoms with E-state index in [0.717, 1.165) is 47.5 Å². The summed E-state index contributed by atoms with van der Waals surface area (Å²) in [4.78, 5) is 17.4. The quantitative estimate of drug-likeness (QED) is 0.789. The molecular weight excluding hydrogens is 320 g/mol. The Balaban J connectivity index is 1.64. The molecule has 0 amide bonds. The molecule has 1 atom stereocenters. The fourth-order valence-electron chi connectivity index (χ4n) is 3.56. The molecule has 3 aromatic rings. The molecule has 0 saturated carbocycles. The van der Waals surface area contributed by atoms with Gasteiger partial charge in [-0.1, -0.05) is 0 Å². The van der Waals surface area contributed by atoms with Gasteiger partial charge in [0.1, 0.15) is 11.6 Å². The molecule has 1 aliphatic heterocycles. The summed E-state index contributed by atoms with van der Waals surface area (Å²) < 4.78 is 2.22. The van der Waals surface area contributed by atoms with E-state index in [2.05, 4.69) is 49.2 Å². The molecular formula is C17H22N6S. The molecule has 126 valence electrons. The van der Waals surface area contributed by atoms with E-state index in [0.29, 0.717) is 6.04 Å². The highest BCUT2D eigenvalue weighted by molar-refractivity contribution is 7.15. The Kier molecular flexibility index (Phi) is 3.97. The van der Waals surface area contributed by atoms with E-state index in [4.69, 9.17) is 4.98 Å². The highest BCUT2D eigenvalue weighted by Gasteiger charge is 2.29. The number of rotatable bonds is 4. The minimum absolute atomic E-state index is 0.349. The van der Waals surface area contributed by atoms with Crippen molar-refractivity contribution < 1.29 is 0 Å². The minimum Gasteiger partial charge on any atom is -0.373 e. The third-order valence-electron chi connectivity index (χ3n) is 4.73. The molecule has 4 heterocycles. The van der Waals surface area contributed by atoms with Crippen molar-refractivity contribution in [3.05, 3.63) is 40.5 Å². The van der Waals surface area contributed by atoms with Crippen molar-refractivity contribution in [3.8, 4) is 0 Å². The van der Waals surface area contributed by atoms with Crippen LogP contribution in [0.2, 0.25) is 0 Å². The summed E-state index contributed by atoms with van der Waals surface area (Å²) in [6.45, 7) is 6.07. The second kappa shape index (κ2) is 6.14. The van der Waals surface area contributed by atoms with E-state index < -0.39 is 0 Å². The number of likely N-dealkylation sites (tertiary alicyclic amines) is 1. The summed E-state index contributed by atoms with van der Waals surface area (Å²) in [6.07, 6.45) is 4.46. The first kappa shape index (κ1) is 15.5. The first-order valence-electron chi connectivity index (χ1n) is 8.34. The normalized spacial score (nSPS) is 18.5. The van der Waals surface area contributed by atoms with Gasteiger partial charge in [0.15, 0.2) is 4.96 Å². The van der Waals surface area contributed by atoms with Crippen LogP contribution in [0.25, 0.3) is 4.96 Å². The Bertz CT molecular complexity index is 867. The number of aromatic nitrogens is 4. The third-order valence-corrected chi connectivity index (χ3v) is 5.49. The van der Waals surface area contributed by atoms with Gasteiger partial charge >= 0.3 is 0 Å². The highest BCUT2D eigenvalue weighted by Crippen LogP contribution is 2.33. The van der Waals surface area contributed by atoms with E-state index in [1.807, 2.05) is 14.0 Å². The van der Waals surface area contributed by atoms with Crippen molar-refractivity contribution in [1.82, 2.24) is 24.3 Å². The summed E-state index contributed by atoms with van der Waals surface area (Å²) in [5.74, 6) is 1.72. The first-order chi connectivity index (χ1) is 11.7. The van der Waals surface area contributed by atoms with Crippen LogP contribution in [0.15, 0.2) is 17.6 Å². The number of nitrogens with one attached hydrogen (secondary N) is 1. The number of aryl methyl sites for hydroxylation is 2. The number of nitrogens with zero attached hydrogens (tertiary/aromatic N) is 5. The molecule has 6 nitrogen and oxygen atoms in total. The summed E-state index contributed by atoms with van der Waals surface area (Å²) in [6, 6.07) is 2.43. The van der Waals surface area contributed by atoms with Gasteiger partial charge in [0.25, 0.3) is 0 Å². The molecule has 0 radical (unpaired) electrons. The predicted octanol–water partition coefficient (Wildman–Crippen LogP) is 3.18. The lowest BCUT2D eigenvalue weighted by atomic mass is 10.1. The van der Waals surface area contributed by atoms with Gasteiger partial charge in [0.2, 0.25) is 0 Å². The van der Waals surface area contributed by atoms with E-state index in [1.165, 1.54) is 12.1 Å².